The van der Waals surface area contributed by atoms with Gasteiger partial charge in [-0.2, -0.15) is 5.11 Å². The third-order valence-corrected chi connectivity index (χ3v) is 2.10. The predicted octanol–water partition coefficient (Wildman–Crippen LogP) is 3.96. The fourth-order valence-electron chi connectivity index (χ4n) is 1.23. The van der Waals surface area contributed by atoms with E-state index in [9.17, 15) is 8.78 Å². The lowest BCUT2D eigenvalue weighted by molar-refractivity contribution is 0.585. The number of halogens is 2. The van der Waals surface area contributed by atoms with Crippen molar-refractivity contribution in [3.05, 3.63) is 54.1 Å². The van der Waals surface area contributed by atoms with Gasteiger partial charge in [0.1, 0.15) is 0 Å². The van der Waals surface area contributed by atoms with E-state index in [-0.39, 0.29) is 0 Å². The van der Waals surface area contributed by atoms with Crippen LogP contribution >= 0.6 is 0 Å². The Kier molecular flexibility index (Phi) is 3.09. The quantitative estimate of drug-likeness (QED) is 0.619. The summed E-state index contributed by atoms with van der Waals surface area (Å²) in [6.07, 6.45) is 0. The van der Waals surface area contributed by atoms with Gasteiger partial charge < -0.3 is 5.73 Å². The van der Waals surface area contributed by atoms with Crippen molar-refractivity contribution in [1.82, 2.24) is 0 Å². The summed E-state index contributed by atoms with van der Waals surface area (Å²) in [5, 5.41) is 7.27. The monoisotopic (exact) mass is 233 g/mol. The van der Waals surface area contributed by atoms with Crippen LogP contribution in [0.1, 0.15) is 0 Å². The van der Waals surface area contributed by atoms with Crippen LogP contribution in [0.25, 0.3) is 0 Å². The topological polar surface area (TPSA) is 50.7 Å². The van der Waals surface area contributed by atoms with Crippen molar-refractivity contribution in [3.8, 4) is 0 Å². The summed E-state index contributed by atoms with van der Waals surface area (Å²) in [6, 6.07) is 10.0. The first-order valence-electron chi connectivity index (χ1n) is 4.88. The number of nitrogen functional groups attached to an aromatic ring is 1. The van der Waals surface area contributed by atoms with Crippen molar-refractivity contribution in [2.45, 2.75) is 0 Å². The Hall–Kier alpha value is -2.30. The minimum absolute atomic E-state index is 0.399. The standard InChI is InChI=1S/C12H9F2N3/c13-10-2-1-3-11(14)12(10)17-16-9-6-4-8(15)5-7-9/h1-7H,15H2/b17-16+. The number of rotatable bonds is 2. The summed E-state index contributed by atoms with van der Waals surface area (Å²) in [4.78, 5) is 0. The van der Waals surface area contributed by atoms with E-state index in [2.05, 4.69) is 10.2 Å². The van der Waals surface area contributed by atoms with Gasteiger partial charge in [0.2, 0.25) is 0 Å². The van der Waals surface area contributed by atoms with Crippen LogP contribution in [0.3, 0.4) is 0 Å². The molecule has 0 spiro atoms. The zero-order chi connectivity index (χ0) is 12.3. The molecule has 5 heteroatoms. The molecule has 0 aliphatic rings. The van der Waals surface area contributed by atoms with Gasteiger partial charge in [-0.25, -0.2) is 8.78 Å². The molecule has 0 amide bonds. The van der Waals surface area contributed by atoms with Crippen molar-refractivity contribution in [1.29, 1.82) is 0 Å². The van der Waals surface area contributed by atoms with Gasteiger partial charge in [-0.3, -0.25) is 0 Å². The SMILES string of the molecule is Nc1ccc(/N=N/c2c(F)cccc2F)cc1. The average molecular weight is 233 g/mol. The van der Waals surface area contributed by atoms with E-state index in [0.29, 0.717) is 11.4 Å². The van der Waals surface area contributed by atoms with Gasteiger partial charge in [-0.05, 0) is 36.4 Å². The number of azo groups is 1. The summed E-state index contributed by atoms with van der Waals surface area (Å²) in [5.41, 5.74) is 6.15. The van der Waals surface area contributed by atoms with E-state index in [1.807, 2.05) is 0 Å². The summed E-state index contributed by atoms with van der Waals surface area (Å²) < 4.78 is 26.4. The van der Waals surface area contributed by atoms with Crippen molar-refractivity contribution in [2.24, 2.45) is 10.2 Å². The summed E-state index contributed by atoms with van der Waals surface area (Å²) in [7, 11) is 0. The Morgan fingerprint density at radius 3 is 2.00 bits per heavy atom. The molecule has 2 aromatic carbocycles. The number of nitrogens with zero attached hydrogens (tertiary/aromatic N) is 2. The highest BCUT2D eigenvalue weighted by atomic mass is 19.1. The first kappa shape index (κ1) is 11.2. The third kappa shape index (κ3) is 2.63. The van der Waals surface area contributed by atoms with Gasteiger partial charge in [-0.1, -0.05) is 6.07 Å². The molecule has 2 rings (SSSR count). The van der Waals surface area contributed by atoms with Crippen LogP contribution in [0, 0.1) is 11.6 Å². The molecule has 0 aromatic heterocycles. The zero-order valence-corrected chi connectivity index (χ0v) is 8.77. The molecule has 2 aromatic rings. The van der Waals surface area contributed by atoms with E-state index in [4.69, 9.17) is 5.73 Å². The number of anilines is 1. The highest BCUT2D eigenvalue weighted by Gasteiger charge is 2.06. The van der Waals surface area contributed by atoms with Crippen LogP contribution in [-0.2, 0) is 0 Å². The molecule has 0 radical (unpaired) electrons. The van der Waals surface area contributed by atoms with E-state index in [1.54, 1.807) is 24.3 Å². The van der Waals surface area contributed by atoms with Gasteiger partial charge in [0.15, 0.2) is 17.3 Å². The Bertz CT molecular complexity index is 530. The molecule has 86 valence electrons. The molecule has 0 atom stereocenters. The van der Waals surface area contributed by atoms with E-state index < -0.39 is 17.3 Å². The first-order valence-corrected chi connectivity index (χ1v) is 4.88. The van der Waals surface area contributed by atoms with Gasteiger partial charge >= 0.3 is 0 Å². The van der Waals surface area contributed by atoms with Crippen molar-refractivity contribution >= 4 is 17.1 Å². The molecule has 0 bridgehead atoms. The molecule has 0 saturated carbocycles. The Morgan fingerprint density at radius 2 is 1.41 bits per heavy atom. The van der Waals surface area contributed by atoms with E-state index in [1.165, 1.54) is 6.07 Å². The van der Waals surface area contributed by atoms with Crippen LogP contribution in [0.4, 0.5) is 25.8 Å². The van der Waals surface area contributed by atoms with Gasteiger partial charge in [-0.15, -0.1) is 5.11 Å². The molecule has 0 unspecified atom stereocenters. The Labute approximate surface area is 96.6 Å². The fraction of sp³-hybridized carbons (Fsp3) is 0. The number of benzene rings is 2. The smallest absolute Gasteiger partial charge is 0.157 e. The fourth-order valence-corrected chi connectivity index (χ4v) is 1.23. The molecule has 0 aliphatic heterocycles. The van der Waals surface area contributed by atoms with Gasteiger partial charge in [0.05, 0.1) is 5.69 Å². The van der Waals surface area contributed by atoms with Crippen LogP contribution < -0.4 is 5.73 Å². The van der Waals surface area contributed by atoms with Crippen LogP contribution in [-0.4, -0.2) is 0 Å². The minimum atomic E-state index is -0.746. The zero-order valence-electron chi connectivity index (χ0n) is 8.77. The Balaban J connectivity index is 2.29. The predicted molar refractivity (Wildman–Crippen MR) is 61.4 cm³/mol. The van der Waals surface area contributed by atoms with Gasteiger partial charge in [0, 0.05) is 5.69 Å². The van der Waals surface area contributed by atoms with Crippen LogP contribution in [0.2, 0.25) is 0 Å². The van der Waals surface area contributed by atoms with Crippen molar-refractivity contribution < 1.29 is 8.78 Å². The second kappa shape index (κ2) is 4.69. The molecule has 0 saturated heterocycles. The van der Waals surface area contributed by atoms with E-state index in [0.717, 1.165) is 12.1 Å². The van der Waals surface area contributed by atoms with Crippen molar-refractivity contribution in [3.63, 3.8) is 0 Å². The molecular formula is C12H9F2N3. The minimum Gasteiger partial charge on any atom is -0.399 e. The lowest BCUT2D eigenvalue weighted by Gasteiger charge is -1.97. The van der Waals surface area contributed by atoms with Crippen molar-refractivity contribution in [2.75, 3.05) is 5.73 Å². The molecule has 0 aliphatic carbocycles. The normalized spacial score (nSPS) is 10.9. The summed E-state index contributed by atoms with van der Waals surface area (Å²) >= 11 is 0. The third-order valence-electron chi connectivity index (χ3n) is 2.10. The lowest BCUT2D eigenvalue weighted by atomic mass is 10.3. The maximum atomic E-state index is 13.2. The largest absolute Gasteiger partial charge is 0.399 e. The molecule has 0 heterocycles. The molecule has 17 heavy (non-hydrogen) atoms. The Morgan fingerprint density at radius 1 is 0.824 bits per heavy atom. The van der Waals surface area contributed by atoms with Gasteiger partial charge in [0.25, 0.3) is 0 Å². The number of hydrogen-bond acceptors (Lipinski definition) is 3. The number of nitrogens with two attached hydrogens (primary N) is 1. The molecular weight excluding hydrogens is 224 g/mol. The molecule has 2 N–H and O–H groups in total. The highest BCUT2D eigenvalue weighted by molar-refractivity contribution is 5.48. The molecule has 3 nitrogen and oxygen atoms in total. The number of hydrogen-bond donors (Lipinski definition) is 1. The summed E-state index contributed by atoms with van der Waals surface area (Å²) in [6.45, 7) is 0. The van der Waals surface area contributed by atoms with E-state index >= 15 is 0 Å². The second-order valence-corrected chi connectivity index (χ2v) is 3.36. The van der Waals surface area contributed by atoms with Crippen LogP contribution in [0.15, 0.2) is 52.7 Å². The molecule has 0 fully saturated rings. The maximum Gasteiger partial charge on any atom is 0.157 e. The average Bonchev–Trinajstić information content (AvgIpc) is 2.31. The maximum absolute atomic E-state index is 13.2. The summed E-state index contributed by atoms with van der Waals surface area (Å²) in [5.74, 6) is -1.49. The highest BCUT2D eigenvalue weighted by Crippen LogP contribution is 2.24. The second-order valence-electron chi connectivity index (χ2n) is 3.36. The first-order chi connectivity index (χ1) is 8.16. The lowest BCUT2D eigenvalue weighted by Crippen LogP contribution is -1.81. The van der Waals surface area contributed by atoms with Crippen LogP contribution in [0.5, 0.6) is 0 Å².